The van der Waals surface area contributed by atoms with Gasteiger partial charge in [-0.1, -0.05) is 15.9 Å². The van der Waals surface area contributed by atoms with Crippen LogP contribution in [0, 0.1) is 0 Å². The molecule has 3 nitrogen and oxygen atoms in total. The predicted octanol–water partition coefficient (Wildman–Crippen LogP) is 3.51. The molecule has 1 saturated heterocycles. The zero-order valence-electron chi connectivity index (χ0n) is 10.1. The third kappa shape index (κ3) is 3.33. The molecule has 1 atom stereocenters. The largest absolute Gasteiger partial charge is 0.373 e. The van der Waals surface area contributed by atoms with Gasteiger partial charge in [0.05, 0.1) is 11.2 Å². The van der Waals surface area contributed by atoms with E-state index in [2.05, 4.69) is 37.2 Å². The lowest BCUT2D eigenvalue weighted by molar-refractivity contribution is 0.0206. The van der Waals surface area contributed by atoms with Crippen LogP contribution in [0.15, 0.2) is 27.1 Å². The predicted molar refractivity (Wildman–Crippen MR) is 77.8 cm³/mol. The zero-order chi connectivity index (χ0) is 13.2. The Bertz CT molecular complexity index is 456. The SMILES string of the molecule is CC1(CNC(=O)c2cc(Br)ccc2Br)CCCO1. The Hall–Kier alpha value is -0.390. The Morgan fingerprint density at radius 3 is 2.94 bits per heavy atom. The highest BCUT2D eigenvalue weighted by Gasteiger charge is 2.30. The van der Waals surface area contributed by atoms with E-state index in [1.165, 1.54) is 0 Å². The monoisotopic (exact) mass is 375 g/mol. The lowest BCUT2D eigenvalue weighted by Gasteiger charge is -2.23. The number of hydrogen-bond donors (Lipinski definition) is 1. The van der Waals surface area contributed by atoms with Crippen molar-refractivity contribution in [1.82, 2.24) is 5.32 Å². The number of carbonyl (C=O) groups excluding carboxylic acids is 1. The number of rotatable bonds is 3. The molecule has 1 unspecified atom stereocenters. The molecule has 0 aromatic heterocycles. The minimum atomic E-state index is -0.214. The molecule has 1 aromatic carbocycles. The molecule has 5 heteroatoms. The summed E-state index contributed by atoms with van der Waals surface area (Å²) < 4.78 is 7.33. The molecule has 0 bridgehead atoms. The van der Waals surface area contributed by atoms with Crippen molar-refractivity contribution >= 4 is 37.8 Å². The minimum absolute atomic E-state index is 0.0834. The summed E-state index contributed by atoms with van der Waals surface area (Å²) in [5.74, 6) is -0.0834. The van der Waals surface area contributed by atoms with E-state index >= 15 is 0 Å². The second-order valence-electron chi connectivity index (χ2n) is 4.71. The van der Waals surface area contributed by atoms with Crippen molar-refractivity contribution in [2.45, 2.75) is 25.4 Å². The Morgan fingerprint density at radius 1 is 1.50 bits per heavy atom. The van der Waals surface area contributed by atoms with E-state index in [0.29, 0.717) is 12.1 Å². The highest BCUT2D eigenvalue weighted by atomic mass is 79.9. The average molecular weight is 377 g/mol. The van der Waals surface area contributed by atoms with Gasteiger partial charge < -0.3 is 10.1 Å². The topological polar surface area (TPSA) is 38.3 Å². The molecule has 18 heavy (non-hydrogen) atoms. The van der Waals surface area contributed by atoms with Gasteiger partial charge in [-0.2, -0.15) is 0 Å². The van der Waals surface area contributed by atoms with Crippen molar-refractivity contribution in [3.8, 4) is 0 Å². The van der Waals surface area contributed by atoms with Crippen LogP contribution < -0.4 is 5.32 Å². The summed E-state index contributed by atoms with van der Waals surface area (Å²) in [5, 5.41) is 2.93. The Balaban J connectivity index is 2.01. The van der Waals surface area contributed by atoms with Gasteiger partial charge in [0, 0.05) is 22.1 Å². The van der Waals surface area contributed by atoms with E-state index in [1.807, 2.05) is 19.1 Å². The van der Waals surface area contributed by atoms with E-state index in [1.54, 1.807) is 6.07 Å². The summed E-state index contributed by atoms with van der Waals surface area (Å²) in [7, 11) is 0. The molecule has 0 aliphatic carbocycles. The van der Waals surface area contributed by atoms with Gasteiger partial charge in [-0.3, -0.25) is 4.79 Å². The molecule has 0 radical (unpaired) electrons. The number of nitrogens with one attached hydrogen (secondary N) is 1. The van der Waals surface area contributed by atoms with Crippen molar-refractivity contribution in [2.24, 2.45) is 0 Å². The molecule has 1 aliphatic heterocycles. The van der Waals surface area contributed by atoms with Crippen LogP contribution in [0.3, 0.4) is 0 Å². The summed E-state index contributed by atoms with van der Waals surface area (Å²) in [6.07, 6.45) is 2.06. The lowest BCUT2D eigenvalue weighted by atomic mass is 10.0. The molecule has 98 valence electrons. The van der Waals surface area contributed by atoms with Crippen LogP contribution in [0.25, 0.3) is 0 Å². The molecule has 0 saturated carbocycles. The van der Waals surface area contributed by atoms with Gasteiger partial charge >= 0.3 is 0 Å². The fraction of sp³-hybridized carbons (Fsp3) is 0.462. The maximum Gasteiger partial charge on any atom is 0.252 e. The van der Waals surface area contributed by atoms with Gasteiger partial charge in [0.2, 0.25) is 0 Å². The van der Waals surface area contributed by atoms with Crippen molar-refractivity contribution in [2.75, 3.05) is 13.2 Å². The van der Waals surface area contributed by atoms with Crippen molar-refractivity contribution < 1.29 is 9.53 Å². The standard InChI is InChI=1S/C13H15Br2NO2/c1-13(5-2-6-18-13)8-16-12(17)10-7-9(14)3-4-11(10)15/h3-4,7H,2,5-6,8H2,1H3,(H,16,17). The first-order chi connectivity index (χ1) is 8.50. The van der Waals surface area contributed by atoms with Crippen LogP contribution in [-0.4, -0.2) is 24.7 Å². The quantitative estimate of drug-likeness (QED) is 0.876. The summed E-state index contributed by atoms with van der Waals surface area (Å²) in [5.41, 5.74) is 0.416. The Morgan fingerprint density at radius 2 is 2.28 bits per heavy atom. The van der Waals surface area contributed by atoms with E-state index in [9.17, 15) is 4.79 Å². The van der Waals surface area contributed by atoms with Gasteiger partial charge in [-0.15, -0.1) is 0 Å². The summed E-state index contributed by atoms with van der Waals surface area (Å²) >= 11 is 6.75. The molecular formula is C13H15Br2NO2. The van der Waals surface area contributed by atoms with Crippen molar-refractivity contribution in [3.63, 3.8) is 0 Å². The van der Waals surface area contributed by atoms with Gasteiger partial charge in [-0.25, -0.2) is 0 Å². The molecular weight excluding hydrogens is 362 g/mol. The molecule has 2 rings (SSSR count). The Kier molecular flexibility index (Phi) is 4.45. The number of benzene rings is 1. The van der Waals surface area contributed by atoms with Crippen LogP contribution in [0.4, 0.5) is 0 Å². The normalized spacial score (nSPS) is 23.1. The third-order valence-corrected chi connectivity index (χ3v) is 4.28. The molecule has 1 amide bonds. The van der Waals surface area contributed by atoms with Crippen LogP contribution in [-0.2, 0) is 4.74 Å². The van der Waals surface area contributed by atoms with Crippen LogP contribution in [0.5, 0.6) is 0 Å². The van der Waals surface area contributed by atoms with Crippen LogP contribution >= 0.6 is 31.9 Å². The average Bonchev–Trinajstić information content (AvgIpc) is 2.77. The van der Waals surface area contributed by atoms with Gasteiger partial charge in [0.25, 0.3) is 5.91 Å². The van der Waals surface area contributed by atoms with E-state index in [-0.39, 0.29) is 11.5 Å². The Labute approximate surface area is 124 Å². The maximum absolute atomic E-state index is 12.1. The van der Waals surface area contributed by atoms with E-state index in [4.69, 9.17) is 4.74 Å². The smallest absolute Gasteiger partial charge is 0.252 e. The van der Waals surface area contributed by atoms with Crippen molar-refractivity contribution in [1.29, 1.82) is 0 Å². The van der Waals surface area contributed by atoms with Gasteiger partial charge in [0.15, 0.2) is 0 Å². The third-order valence-electron chi connectivity index (χ3n) is 3.10. The van der Waals surface area contributed by atoms with Crippen LogP contribution in [0.2, 0.25) is 0 Å². The molecule has 1 heterocycles. The summed E-state index contributed by atoms with van der Waals surface area (Å²) in [4.78, 5) is 12.1. The second kappa shape index (κ2) is 5.72. The minimum Gasteiger partial charge on any atom is -0.373 e. The number of carbonyl (C=O) groups is 1. The zero-order valence-corrected chi connectivity index (χ0v) is 13.3. The first kappa shape index (κ1) is 14.0. The number of hydrogen-bond acceptors (Lipinski definition) is 2. The highest BCUT2D eigenvalue weighted by Crippen LogP contribution is 2.25. The van der Waals surface area contributed by atoms with Crippen molar-refractivity contribution in [3.05, 3.63) is 32.7 Å². The van der Waals surface area contributed by atoms with Gasteiger partial charge in [-0.05, 0) is 53.9 Å². The maximum atomic E-state index is 12.1. The number of ether oxygens (including phenoxy) is 1. The molecule has 1 aliphatic rings. The van der Waals surface area contributed by atoms with Gasteiger partial charge in [0.1, 0.15) is 0 Å². The first-order valence-corrected chi connectivity index (χ1v) is 7.46. The molecule has 0 spiro atoms. The van der Waals surface area contributed by atoms with E-state index in [0.717, 1.165) is 28.4 Å². The second-order valence-corrected chi connectivity index (χ2v) is 6.48. The summed E-state index contributed by atoms with van der Waals surface area (Å²) in [6.45, 7) is 3.37. The number of halogens is 2. The summed E-state index contributed by atoms with van der Waals surface area (Å²) in [6, 6.07) is 5.55. The van der Waals surface area contributed by atoms with E-state index < -0.39 is 0 Å². The van der Waals surface area contributed by atoms with Crippen LogP contribution in [0.1, 0.15) is 30.1 Å². The number of amides is 1. The lowest BCUT2D eigenvalue weighted by Crippen LogP contribution is -2.40. The molecule has 1 N–H and O–H groups in total. The first-order valence-electron chi connectivity index (χ1n) is 5.87. The fourth-order valence-corrected chi connectivity index (χ4v) is 2.80. The fourth-order valence-electron chi connectivity index (χ4n) is 2.01. The molecule has 1 aromatic rings. The molecule has 1 fully saturated rings. The highest BCUT2D eigenvalue weighted by molar-refractivity contribution is 9.11.